The molecule has 0 radical (unpaired) electrons. The van der Waals surface area contributed by atoms with Crippen molar-refractivity contribution in [3.8, 4) is 11.1 Å². The number of rotatable bonds is 16. The monoisotopic (exact) mass is 877 g/mol. The molecule has 5 heterocycles. The molecule has 338 valence electrons. The predicted octanol–water partition coefficient (Wildman–Crippen LogP) is 5.67. The van der Waals surface area contributed by atoms with Gasteiger partial charge in [0.25, 0.3) is 0 Å². The van der Waals surface area contributed by atoms with Gasteiger partial charge in [0.15, 0.2) is 0 Å². The molecular weight excluding hydrogens is 823 g/mol. The van der Waals surface area contributed by atoms with Crippen LogP contribution < -0.4 is 16.3 Å². The highest BCUT2D eigenvalue weighted by molar-refractivity contribution is 6.00. The summed E-state index contributed by atoms with van der Waals surface area (Å²) in [6.07, 6.45) is 1.75. The minimum Gasteiger partial charge on any atom is -0.393 e. The molecule has 2 aliphatic heterocycles. The number of piperidine rings is 1. The molecule has 2 saturated heterocycles. The van der Waals surface area contributed by atoms with Crippen LogP contribution in [0.25, 0.3) is 33.2 Å². The summed E-state index contributed by atoms with van der Waals surface area (Å²) in [7, 11) is 1.67. The molecule has 2 aromatic carbocycles. The normalized spacial score (nSPS) is 21.0. The van der Waals surface area contributed by atoms with Crippen LogP contribution in [0, 0.1) is 0 Å². The van der Waals surface area contributed by atoms with Crippen molar-refractivity contribution < 1.29 is 37.0 Å². The lowest BCUT2D eigenvalue weighted by Crippen LogP contribution is -2.48. The number of nitrogens with zero attached hydrogens (tertiary/aromatic N) is 7. The fourth-order valence-corrected chi connectivity index (χ4v) is 9.17. The maximum Gasteiger partial charge on any atom is 0.390 e. The van der Waals surface area contributed by atoms with Gasteiger partial charge in [-0.3, -0.25) is 33.8 Å². The first-order valence-corrected chi connectivity index (χ1v) is 22.0. The molecule has 63 heavy (non-hydrogen) atoms. The van der Waals surface area contributed by atoms with Crippen LogP contribution >= 0.6 is 0 Å². The first-order valence-electron chi connectivity index (χ1n) is 22.0. The number of benzene rings is 2. The minimum atomic E-state index is -4.28. The number of ether oxygens (including phenoxy) is 1. The van der Waals surface area contributed by atoms with Gasteiger partial charge in [-0.25, -0.2) is 14.2 Å². The van der Waals surface area contributed by atoms with Crippen molar-refractivity contribution in [2.75, 3.05) is 57.8 Å². The second-order valence-electron chi connectivity index (χ2n) is 17.2. The number of anilines is 1. The Hall–Kier alpha value is -5.17. The standard InChI is InChI=1S/C45H55F4N9O5/c1-54-39-23-29(6-13-37(39)58(44(54)62)38-14-15-40(60)52-42(38)61)3-2-22-63-28-32(46)26-56-20-18-55(19-21-56)25-30-4-7-31(8-5-30)36-27-57(33-9-11-34(59)12-10-33)41-35(36)24-51-43(53-41)50-17-16-45(47,48)49/h4-8,13,23-24,27,32-34,38,59H,2-3,9-12,14-22,25-26,28H2,1H3,(H,50,51,53)(H,52,60,61)/t32?,33-,34-,38-/m0/s1. The summed E-state index contributed by atoms with van der Waals surface area (Å²) in [5.41, 5.74) is 5.76. The molecular formula is C45H55F4N9O5. The average Bonchev–Trinajstić information content (AvgIpc) is 3.75. The van der Waals surface area contributed by atoms with E-state index in [0.717, 1.165) is 73.2 Å². The molecule has 2 amide bonds. The van der Waals surface area contributed by atoms with Gasteiger partial charge in [0, 0.05) is 95.3 Å². The second kappa shape index (κ2) is 19.3. The summed E-state index contributed by atoms with van der Waals surface area (Å²) in [4.78, 5) is 50.7. The van der Waals surface area contributed by atoms with E-state index in [0.29, 0.717) is 55.5 Å². The Morgan fingerprint density at radius 3 is 2.41 bits per heavy atom. The largest absolute Gasteiger partial charge is 0.393 e. The number of aliphatic hydroxyl groups is 1. The van der Waals surface area contributed by atoms with Gasteiger partial charge in [-0.1, -0.05) is 30.3 Å². The summed E-state index contributed by atoms with van der Waals surface area (Å²) in [6.45, 7) is 4.28. The highest BCUT2D eigenvalue weighted by Gasteiger charge is 2.32. The number of fused-ring (bicyclic) bond motifs is 2. The van der Waals surface area contributed by atoms with E-state index < -0.39 is 30.7 Å². The molecule has 18 heteroatoms. The Morgan fingerprint density at radius 2 is 1.68 bits per heavy atom. The number of hydrogen-bond donors (Lipinski definition) is 3. The number of aliphatic hydroxyl groups excluding tert-OH is 1. The van der Waals surface area contributed by atoms with E-state index in [4.69, 9.17) is 4.74 Å². The predicted molar refractivity (Wildman–Crippen MR) is 230 cm³/mol. The third-order valence-electron chi connectivity index (χ3n) is 12.6. The van der Waals surface area contributed by atoms with E-state index in [-0.39, 0.29) is 55.7 Å². The number of aromatic nitrogens is 5. The van der Waals surface area contributed by atoms with Gasteiger partial charge in [0.1, 0.15) is 17.9 Å². The van der Waals surface area contributed by atoms with Crippen LogP contribution in [0.15, 0.2) is 59.7 Å². The third kappa shape index (κ3) is 10.6. The molecule has 3 aliphatic rings. The lowest BCUT2D eigenvalue weighted by Gasteiger charge is -2.35. The lowest BCUT2D eigenvalue weighted by molar-refractivity contribution is -0.136. The van der Waals surface area contributed by atoms with Crippen molar-refractivity contribution >= 4 is 39.8 Å². The molecule has 1 aliphatic carbocycles. The number of hydrogen-bond acceptors (Lipinski definition) is 10. The minimum absolute atomic E-state index is 0.0174. The number of halogens is 4. The molecule has 0 bridgehead atoms. The zero-order chi connectivity index (χ0) is 44.3. The molecule has 2 atom stereocenters. The van der Waals surface area contributed by atoms with Gasteiger partial charge in [-0.05, 0) is 73.8 Å². The van der Waals surface area contributed by atoms with Crippen molar-refractivity contribution in [3.63, 3.8) is 0 Å². The molecule has 14 nitrogen and oxygen atoms in total. The maximum atomic E-state index is 15.0. The Bertz CT molecular complexity index is 2450. The van der Waals surface area contributed by atoms with E-state index in [1.165, 1.54) is 9.13 Å². The van der Waals surface area contributed by atoms with Crippen LogP contribution in [-0.4, -0.2) is 121 Å². The Morgan fingerprint density at radius 1 is 0.952 bits per heavy atom. The fourth-order valence-electron chi connectivity index (χ4n) is 9.17. The van der Waals surface area contributed by atoms with Crippen LogP contribution in [0.1, 0.15) is 74.6 Å². The highest BCUT2D eigenvalue weighted by atomic mass is 19.4. The molecule has 0 spiro atoms. The van der Waals surface area contributed by atoms with Gasteiger partial charge in [-0.15, -0.1) is 0 Å². The first kappa shape index (κ1) is 44.4. The smallest absolute Gasteiger partial charge is 0.390 e. The number of nitrogens with one attached hydrogen (secondary N) is 2. The average molecular weight is 878 g/mol. The summed E-state index contributed by atoms with van der Waals surface area (Å²) in [5.74, 6) is -0.648. The SMILES string of the molecule is Cn1c(=O)n([C@H]2CCC(=O)NC2=O)c2ccc(CCCOCC(F)CN3CCN(Cc4ccc(-c5cn([C@H]6CC[C@H](O)CC6)c6nc(NCCC(F)(F)F)ncc56)cc4)CC3)cc21. The number of alkyl halides is 4. The number of piperazine rings is 1. The Kier molecular flexibility index (Phi) is 13.6. The summed E-state index contributed by atoms with van der Waals surface area (Å²) in [5, 5.41) is 16.0. The molecule has 5 aromatic rings. The van der Waals surface area contributed by atoms with E-state index >= 15 is 4.39 Å². The van der Waals surface area contributed by atoms with Crippen molar-refractivity contribution in [1.82, 2.24) is 38.8 Å². The van der Waals surface area contributed by atoms with Crippen molar-refractivity contribution in [1.29, 1.82) is 0 Å². The number of imidazole rings is 1. The fraction of sp³-hybridized carbons (Fsp3) is 0.533. The summed E-state index contributed by atoms with van der Waals surface area (Å²) < 4.78 is 64.2. The van der Waals surface area contributed by atoms with Crippen LogP contribution in [0.5, 0.6) is 0 Å². The molecule has 3 fully saturated rings. The van der Waals surface area contributed by atoms with Gasteiger partial charge in [0.2, 0.25) is 17.8 Å². The van der Waals surface area contributed by atoms with E-state index in [1.807, 2.05) is 18.2 Å². The number of imide groups is 1. The summed E-state index contributed by atoms with van der Waals surface area (Å²) >= 11 is 0. The molecule has 8 rings (SSSR count). The maximum absolute atomic E-state index is 15.0. The van der Waals surface area contributed by atoms with Gasteiger partial charge >= 0.3 is 11.9 Å². The summed E-state index contributed by atoms with van der Waals surface area (Å²) in [6, 6.07) is 13.4. The number of carbonyl (C=O) groups excluding carboxylic acids is 2. The molecule has 3 aromatic heterocycles. The Labute approximate surface area is 362 Å². The van der Waals surface area contributed by atoms with Crippen LogP contribution in [0.4, 0.5) is 23.5 Å². The van der Waals surface area contributed by atoms with Crippen LogP contribution in [0.3, 0.4) is 0 Å². The number of carbonyl (C=O) groups is 2. The number of aryl methyl sites for hydroxylation is 2. The van der Waals surface area contributed by atoms with Crippen molar-refractivity contribution in [2.45, 2.75) is 94.9 Å². The molecule has 3 N–H and O–H groups in total. The highest BCUT2D eigenvalue weighted by Crippen LogP contribution is 2.37. The van der Waals surface area contributed by atoms with E-state index in [1.54, 1.807) is 13.2 Å². The first-order chi connectivity index (χ1) is 30.3. The van der Waals surface area contributed by atoms with Gasteiger partial charge in [0.05, 0.1) is 30.2 Å². The van der Waals surface area contributed by atoms with Gasteiger partial charge in [-0.2, -0.15) is 18.2 Å². The van der Waals surface area contributed by atoms with E-state index in [9.17, 15) is 32.7 Å². The molecule has 1 unspecified atom stereocenters. The van der Waals surface area contributed by atoms with Crippen LogP contribution in [0.2, 0.25) is 0 Å². The second-order valence-corrected chi connectivity index (χ2v) is 17.2. The lowest BCUT2D eigenvalue weighted by atomic mass is 9.93. The van der Waals surface area contributed by atoms with Gasteiger partial charge < -0.3 is 19.7 Å². The quantitative estimate of drug-likeness (QED) is 0.0643. The van der Waals surface area contributed by atoms with E-state index in [2.05, 4.69) is 65.4 Å². The topological polar surface area (TPSA) is 152 Å². The van der Waals surface area contributed by atoms with Crippen molar-refractivity contribution in [3.05, 3.63) is 76.5 Å². The zero-order valence-electron chi connectivity index (χ0n) is 35.5. The molecule has 1 saturated carbocycles. The number of amides is 2. The Balaban J connectivity index is 0.784. The van der Waals surface area contributed by atoms with Crippen molar-refractivity contribution in [2.24, 2.45) is 7.05 Å². The third-order valence-corrected chi connectivity index (χ3v) is 12.6. The zero-order valence-corrected chi connectivity index (χ0v) is 35.5. The van der Waals surface area contributed by atoms with Crippen LogP contribution in [-0.2, 0) is 34.3 Å².